The molecule has 0 fully saturated rings. The van der Waals surface area contributed by atoms with Crippen molar-refractivity contribution >= 4 is 23.3 Å². The zero-order chi connectivity index (χ0) is 28.5. The standard InChI is InChI=1S/C28H35N3O7/c1-28(2,3)38-27(33)31(25(32)9-8-13-29)21-15-18(10-11-22(21)34-4)20(12-14-30)19-16-23(35-5)26(37-7)24(17-19)36-6/h10-12,15-17H,8-9,13,29H2,1-7H3. The third-order valence-electron chi connectivity index (χ3n) is 5.34. The molecule has 2 aromatic carbocycles. The number of hydrogen-bond acceptors (Lipinski definition) is 9. The van der Waals surface area contributed by atoms with E-state index in [0.717, 1.165) is 4.90 Å². The van der Waals surface area contributed by atoms with E-state index in [9.17, 15) is 14.9 Å². The molecule has 10 nitrogen and oxygen atoms in total. The number of nitrogens with two attached hydrogens (primary N) is 1. The van der Waals surface area contributed by atoms with Gasteiger partial charge in [-0.3, -0.25) is 4.79 Å². The molecule has 38 heavy (non-hydrogen) atoms. The number of ether oxygens (including phenoxy) is 5. The van der Waals surface area contributed by atoms with Gasteiger partial charge in [-0.25, -0.2) is 9.69 Å². The molecule has 0 saturated heterocycles. The molecule has 0 heterocycles. The summed E-state index contributed by atoms with van der Waals surface area (Å²) < 4.78 is 27.4. The number of rotatable bonds is 10. The second-order valence-electron chi connectivity index (χ2n) is 9.09. The molecule has 0 bridgehead atoms. The van der Waals surface area contributed by atoms with Gasteiger partial charge in [0.05, 0.1) is 40.2 Å². The quantitative estimate of drug-likeness (QED) is 0.439. The third kappa shape index (κ3) is 7.17. The molecule has 2 rings (SSSR count). The molecular weight excluding hydrogens is 490 g/mol. The second-order valence-corrected chi connectivity index (χ2v) is 9.09. The Morgan fingerprint density at radius 2 is 1.55 bits per heavy atom. The molecule has 204 valence electrons. The van der Waals surface area contributed by atoms with Crippen LogP contribution in [0.3, 0.4) is 0 Å². The number of methoxy groups -OCH3 is 4. The minimum absolute atomic E-state index is 0.0247. The minimum atomic E-state index is -0.853. The Kier molecular flexibility index (Phi) is 10.5. The van der Waals surface area contributed by atoms with E-state index in [2.05, 4.69) is 6.07 Å². The van der Waals surface area contributed by atoms with Gasteiger partial charge < -0.3 is 29.4 Å². The van der Waals surface area contributed by atoms with Gasteiger partial charge in [-0.2, -0.15) is 5.26 Å². The number of allylic oxidation sites excluding steroid dienone is 1. The summed E-state index contributed by atoms with van der Waals surface area (Å²) in [6.45, 7) is 5.40. The van der Waals surface area contributed by atoms with E-state index in [4.69, 9.17) is 29.4 Å². The van der Waals surface area contributed by atoms with E-state index in [1.807, 2.05) is 0 Å². The van der Waals surface area contributed by atoms with Crippen molar-refractivity contribution in [3.63, 3.8) is 0 Å². The van der Waals surface area contributed by atoms with Crippen molar-refractivity contribution < 1.29 is 33.3 Å². The van der Waals surface area contributed by atoms with Crippen LogP contribution in [0.25, 0.3) is 5.57 Å². The molecule has 2 amide bonds. The van der Waals surface area contributed by atoms with Gasteiger partial charge in [0.2, 0.25) is 11.7 Å². The molecule has 0 atom stereocenters. The first-order chi connectivity index (χ1) is 18.0. The number of benzene rings is 2. The lowest BCUT2D eigenvalue weighted by molar-refractivity contribution is -0.118. The predicted molar refractivity (Wildman–Crippen MR) is 144 cm³/mol. The van der Waals surface area contributed by atoms with Crippen LogP contribution < -0.4 is 29.6 Å². The lowest BCUT2D eigenvalue weighted by Crippen LogP contribution is -2.41. The highest BCUT2D eigenvalue weighted by atomic mass is 16.6. The molecular formula is C28H35N3O7. The molecule has 0 aliphatic heterocycles. The summed E-state index contributed by atoms with van der Waals surface area (Å²) in [6, 6.07) is 10.4. The summed E-state index contributed by atoms with van der Waals surface area (Å²) >= 11 is 0. The van der Waals surface area contributed by atoms with Crippen molar-refractivity contribution in [2.75, 3.05) is 39.9 Å². The van der Waals surface area contributed by atoms with Crippen LogP contribution >= 0.6 is 0 Å². The number of amides is 2. The minimum Gasteiger partial charge on any atom is -0.495 e. The van der Waals surface area contributed by atoms with E-state index in [-0.39, 0.29) is 24.4 Å². The Morgan fingerprint density at radius 3 is 2.03 bits per heavy atom. The molecule has 0 aromatic heterocycles. The predicted octanol–water partition coefficient (Wildman–Crippen LogP) is 4.68. The summed E-state index contributed by atoms with van der Waals surface area (Å²) in [5.41, 5.74) is 6.50. The van der Waals surface area contributed by atoms with Gasteiger partial charge in [0.15, 0.2) is 11.5 Å². The molecule has 0 radical (unpaired) electrons. The maximum Gasteiger partial charge on any atom is 0.421 e. The van der Waals surface area contributed by atoms with Gasteiger partial charge in [0, 0.05) is 12.5 Å². The SMILES string of the molecule is COc1ccc(C(=CC#N)c2cc(OC)c(OC)c(OC)c2)cc1N(C(=O)CCCN)C(=O)OC(C)(C)C. The fraction of sp³-hybridized carbons (Fsp3) is 0.393. The van der Waals surface area contributed by atoms with E-state index < -0.39 is 17.6 Å². The average molecular weight is 526 g/mol. The fourth-order valence-electron chi connectivity index (χ4n) is 3.67. The first-order valence-electron chi connectivity index (χ1n) is 11.9. The van der Waals surface area contributed by atoms with Gasteiger partial charge in [0.1, 0.15) is 11.4 Å². The molecule has 2 aromatic rings. The van der Waals surface area contributed by atoms with Crippen molar-refractivity contribution in [3.05, 3.63) is 47.5 Å². The molecule has 10 heteroatoms. The summed E-state index contributed by atoms with van der Waals surface area (Å²) in [7, 11) is 5.91. The third-order valence-corrected chi connectivity index (χ3v) is 5.34. The Hall–Kier alpha value is -4.23. The topological polar surface area (TPSA) is 133 Å². The van der Waals surface area contributed by atoms with Crippen molar-refractivity contribution in [3.8, 4) is 29.1 Å². The number of anilines is 1. The van der Waals surface area contributed by atoms with Gasteiger partial charge in [-0.15, -0.1) is 0 Å². The van der Waals surface area contributed by atoms with Crippen molar-refractivity contribution in [2.24, 2.45) is 5.73 Å². The van der Waals surface area contributed by atoms with E-state index in [1.54, 1.807) is 51.1 Å². The zero-order valence-electron chi connectivity index (χ0n) is 22.9. The van der Waals surface area contributed by atoms with Crippen LogP contribution in [0.1, 0.15) is 44.7 Å². The van der Waals surface area contributed by atoms with Crippen LogP contribution in [0.2, 0.25) is 0 Å². The highest BCUT2D eigenvalue weighted by Crippen LogP contribution is 2.42. The summed E-state index contributed by atoms with van der Waals surface area (Å²) in [6.07, 6.45) is 0.899. The van der Waals surface area contributed by atoms with E-state index >= 15 is 0 Å². The van der Waals surface area contributed by atoms with Gasteiger partial charge in [-0.1, -0.05) is 6.07 Å². The van der Waals surface area contributed by atoms with Crippen LogP contribution in [0.4, 0.5) is 10.5 Å². The fourth-order valence-corrected chi connectivity index (χ4v) is 3.67. The largest absolute Gasteiger partial charge is 0.495 e. The number of nitriles is 1. The monoisotopic (exact) mass is 525 g/mol. The molecule has 0 unspecified atom stereocenters. The molecule has 0 aliphatic rings. The van der Waals surface area contributed by atoms with Crippen molar-refractivity contribution in [1.82, 2.24) is 0 Å². The van der Waals surface area contributed by atoms with Crippen molar-refractivity contribution in [1.29, 1.82) is 5.26 Å². The molecule has 2 N–H and O–H groups in total. The van der Waals surface area contributed by atoms with Gasteiger partial charge >= 0.3 is 6.09 Å². The normalized spacial score (nSPS) is 11.3. The highest BCUT2D eigenvalue weighted by Gasteiger charge is 2.31. The molecule has 0 spiro atoms. The Morgan fingerprint density at radius 1 is 0.947 bits per heavy atom. The number of imide groups is 1. The maximum absolute atomic E-state index is 13.2. The lowest BCUT2D eigenvalue weighted by atomic mass is 9.96. The second kappa shape index (κ2) is 13.4. The summed E-state index contributed by atoms with van der Waals surface area (Å²) in [4.78, 5) is 27.4. The summed E-state index contributed by atoms with van der Waals surface area (Å²) in [5, 5.41) is 9.60. The first kappa shape index (κ1) is 30.0. The smallest absolute Gasteiger partial charge is 0.421 e. The van der Waals surface area contributed by atoms with E-state index in [0.29, 0.717) is 40.4 Å². The maximum atomic E-state index is 13.2. The number of carbonyl (C=O) groups is 2. The van der Waals surface area contributed by atoms with Crippen LogP contribution in [-0.4, -0.2) is 52.6 Å². The lowest BCUT2D eigenvalue weighted by Gasteiger charge is -2.27. The van der Waals surface area contributed by atoms with Crippen molar-refractivity contribution in [2.45, 2.75) is 39.2 Å². The molecule has 0 saturated carbocycles. The van der Waals surface area contributed by atoms with Crippen LogP contribution in [0.5, 0.6) is 23.0 Å². The van der Waals surface area contributed by atoms with Crippen LogP contribution in [0.15, 0.2) is 36.4 Å². The van der Waals surface area contributed by atoms with E-state index in [1.165, 1.54) is 34.5 Å². The number of carbonyl (C=O) groups excluding carboxylic acids is 2. The Balaban J connectivity index is 2.77. The van der Waals surface area contributed by atoms with Gasteiger partial charge in [-0.05, 0) is 74.7 Å². The highest BCUT2D eigenvalue weighted by molar-refractivity contribution is 6.13. The number of nitrogens with zero attached hydrogens (tertiary/aromatic N) is 2. The summed E-state index contributed by atoms with van der Waals surface area (Å²) in [5.74, 6) is 0.950. The Bertz CT molecular complexity index is 1200. The van der Waals surface area contributed by atoms with Gasteiger partial charge in [0.25, 0.3) is 0 Å². The van der Waals surface area contributed by atoms with Crippen LogP contribution in [-0.2, 0) is 9.53 Å². The average Bonchev–Trinajstić information content (AvgIpc) is 2.88. The number of hydrogen-bond donors (Lipinski definition) is 1. The first-order valence-corrected chi connectivity index (χ1v) is 11.9. The molecule has 0 aliphatic carbocycles. The van der Waals surface area contributed by atoms with Crippen LogP contribution in [0, 0.1) is 11.3 Å². The Labute approximate surface area is 223 Å². The zero-order valence-corrected chi connectivity index (χ0v) is 22.9.